The maximum atomic E-state index is 5.49. The van der Waals surface area contributed by atoms with Gasteiger partial charge in [0.2, 0.25) is 0 Å². The number of likely N-dealkylation sites (tertiary alicyclic amines) is 1. The molecule has 0 radical (unpaired) electrons. The molecule has 0 N–H and O–H groups in total. The lowest BCUT2D eigenvalue weighted by Gasteiger charge is -2.27. The average Bonchev–Trinajstić information content (AvgIpc) is 3.16. The Morgan fingerprint density at radius 1 is 1.00 bits per heavy atom. The first-order valence-electron chi connectivity index (χ1n) is 7.48. The molecule has 102 valence electrons. The minimum Gasteiger partial charge on any atom is -0.378 e. The lowest BCUT2D eigenvalue weighted by atomic mass is 10.1. The molecule has 4 nitrogen and oxygen atoms in total. The lowest BCUT2D eigenvalue weighted by molar-refractivity contribution is 0.117. The van der Waals surface area contributed by atoms with Crippen LogP contribution in [0.4, 0.5) is 0 Å². The number of epoxide rings is 1. The van der Waals surface area contributed by atoms with Crippen LogP contribution in [0.15, 0.2) is 0 Å². The van der Waals surface area contributed by atoms with Crippen LogP contribution in [0.25, 0.3) is 0 Å². The van der Waals surface area contributed by atoms with Crippen molar-refractivity contribution in [3.63, 3.8) is 0 Å². The Morgan fingerprint density at radius 3 is 2.28 bits per heavy atom. The van der Waals surface area contributed by atoms with E-state index in [-0.39, 0.29) is 0 Å². The molecule has 0 saturated carbocycles. The van der Waals surface area contributed by atoms with Crippen molar-refractivity contribution in [3.05, 3.63) is 0 Å². The molecule has 0 spiro atoms. The van der Waals surface area contributed by atoms with Crippen LogP contribution in [0.5, 0.6) is 0 Å². The minimum atomic E-state index is 0.577. The van der Waals surface area contributed by atoms with Gasteiger partial charge in [-0.25, -0.2) is 0 Å². The highest BCUT2D eigenvalue weighted by Crippen LogP contribution is 2.38. The van der Waals surface area contributed by atoms with Gasteiger partial charge in [-0.15, -0.1) is 0 Å². The van der Waals surface area contributed by atoms with E-state index in [0.29, 0.717) is 12.2 Å². The summed E-state index contributed by atoms with van der Waals surface area (Å²) in [6.45, 7) is 9.04. The molecular weight excluding hydrogens is 228 g/mol. The maximum Gasteiger partial charge on any atom is 0.0981 e. The van der Waals surface area contributed by atoms with Gasteiger partial charge < -0.3 is 9.47 Å². The van der Waals surface area contributed by atoms with Crippen LogP contribution in [-0.2, 0) is 9.47 Å². The van der Waals surface area contributed by atoms with Crippen LogP contribution in [0.1, 0.15) is 26.7 Å². The molecule has 4 aliphatic heterocycles. The number of fused-ring (bicyclic) bond motifs is 2. The van der Waals surface area contributed by atoms with Gasteiger partial charge in [-0.3, -0.25) is 9.80 Å². The molecule has 0 aromatic heterocycles. The highest BCUT2D eigenvalue weighted by Gasteiger charge is 2.53. The van der Waals surface area contributed by atoms with E-state index in [4.69, 9.17) is 9.47 Å². The van der Waals surface area contributed by atoms with E-state index in [2.05, 4.69) is 23.6 Å². The van der Waals surface area contributed by atoms with Crippen LogP contribution in [-0.4, -0.2) is 72.5 Å². The first-order valence-corrected chi connectivity index (χ1v) is 7.48. The normalized spacial score (nSPS) is 48.7. The zero-order valence-corrected chi connectivity index (χ0v) is 11.4. The van der Waals surface area contributed by atoms with Crippen LogP contribution in [0.3, 0.4) is 0 Å². The second-order valence-corrected chi connectivity index (χ2v) is 6.56. The number of ether oxygens (including phenoxy) is 2. The number of morpholine rings is 2. The van der Waals surface area contributed by atoms with E-state index < -0.39 is 0 Å². The van der Waals surface area contributed by atoms with Gasteiger partial charge in [0.15, 0.2) is 0 Å². The Kier molecular flexibility index (Phi) is 2.70. The molecule has 0 bridgehead atoms. The summed E-state index contributed by atoms with van der Waals surface area (Å²) in [6, 6.07) is 2.96. The number of hydrogen-bond acceptors (Lipinski definition) is 4. The smallest absolute Gasteiger partial charge is 0.0981 e. The van der Waals surface area contributed by atoms with Crippen molar-refractivity contribution in [2.75, 3.05) is 26.3 Å². The third-order valence-corrected chi connectivity index (χ3v) is 5.35. The molecule has 6 atom stereocenters. The van der Waals surface area contributed by atoms with Gasteiger partial charge in [-0.1, -0.05) is 0 Å². The largest absolute Gasteiger partial charge is 0.378 e. The Bertz CT molecular complexity index is 310. The number of hydrogen-bond donors (Lipinski definition) is 0. The topological polar surface area (TPSA) is 28.0 Å². The van der Waals surface area contributed by atoms with Gasteiger partial charge in [0.1, 0.15) is 0 Å². The molecule has 4 heterocycles. The molecule has 0 aliphatic carbocycles. The fourth-order valence-corrected chi connectivity index (χ4v) is 3.93. The Hall–Kier alpha value is -0.160. The summed E-state index contributed by atoms with van der Waals surface area (Å²) in [7, 11) is 0. The molecule has 0 aromatic carbocycles. The standard InChI is InChI=1S/C14H24N2O2/c1-9(15-5-13-14(6-15)18-13)3-4-10(2)16-11-7-17-8-12(11)16/h9-14H,3-8H2,1-2H3. The summed E-state index contributed by atoms with van der Waals surface area (Å²) in [5.74, 6) is 0. The second kappa shape index (κ2) is 4.17. The average molecular weight is 252 g/mol. The zero-order chi connectivity index (χ0) is 12.3. The van der Waals surface area contributed by atoms with Crippen molar-refractivity contribution in [1.29, 1.82) is 0 Å². The van der Waals surface area contributed by atoms with E-state index >= 15 is 0 Å². The molecule has 4 aliphatic rings. The van der Waals surface area contributed by atoms with E-state index in [1.165, 1.54) is 25.9 Å². The van der Waals surface area contributed by atoms with Gasteiger partial charge in [0.05, 0.1) is 37.5 Å². The van der Waals surface area contributed by atoms with E-state index in [1.54, 1.807) is 0 Å². The molecule has 6 unspecified atom stereocenters. The molecule has 4 fully saturated rings. The minimum absolute atomic E-state index is 0.577. The molecule has 4 rings (SSSR count). The van der Waals surface area contributed by atoms with Gasteiger partial charge >= 0.3 is 0 Å². The quantitative estimate of drug-likeness (QED) is 0.674. The third kappa shape index (κ3) is 1.90. The first kappa shape index (κ1) is 11.6. The lowest BCUT2D eigenvalue weighted by Crippen LogP contribution is -2.35. The van der Waals surface area contributed by atoms with Gasteiger partial charge in [0.25, 0.3) is 0 Å². The summed E-state index contributed by atoms with van der Waals surface area (Å²) in [5, 5.41) is 0. The summed E-state index contributed by atoms with van der Waals surface area (Å²) >= 11 is 0. The van der Waals surface area contributed by atoms with Gasteiger partial charge in [0, 0.05) is 25.2 Å². The summed E-state index contributed by atoms with van der Waals surface area (Å²) in [4.78, 5) is 5.26. The fourth-order valence-electron chi connectivity index (χ4n) is 3.93. The van der Waals surface area contributed by atoms with E-state index in [9.17, 15) is 0 Å². The van der Waals surface area contributed by atoms with Crippen LogP contribution in [0, 0.1) is 0 Å². The van der Waals surface area contributed by atoms with Crippen LogP contribution >= 0.6 is 0 Å². The second-order valence-electron chi connectivity index (χ2n) is 6.56. The van der Waals surface area contributed by atoms with Gasteiger partial charge in [-0.05, 0) is 26.7 Å². The summed E-state index contributed by atoms with van der Waals surface area (Å²) in [5.41, 5.74) is 0. The Balaban J connectivity index is 1.21. The Labute approximate surface area is 109 Å². The first-order chi connectivity index (χ1) is 8.74. The predicted molar refractivity (Wildman–Crippen MR) is 68.6 cm³/mol. The highest BCUT2D eigenvalue weighted by atomic mass is 16.6. The van der Waals surface area contributed by atoms with Crippen LogP contribution in [0.2, 0.25) is 0 Å². The van der Waals surface area contributed by atoms with E-state index in [0.717, 1.165) is 37.4 Å². The SMILES string of the molecule is CC(CCC(C)N1C2COCC21)N1CC2OC2C1. The van der Waals surface area contributed by atoms with Gasteiger partial charge in [-0.2, -0.15) is 0 Å². The van der Waals surface area contributed by atoms with E-state index in [1.807, 2.05) is 0 Å². The molecule has 18 heavy (non-hydrogen) atoms. The number of rotatable bonds is 5. The van der Waals surface area contributed by atoms with Crippen molar-refractivity contribution in [2.24, 2.45) is 0 Å². The maximum absolute atomic E-state index is 5.49. The molecule has 4 heteroatoms. The van der Waals surface area contributed by atoms with Crippen molar-refractivity contribution >= 4 is 0 Å². The number of nitrogens with zero attached hydrogens (tertiary/aromatic N) is 2. The molecule has 4 saturated heterocycles. The van der Waals surface area contributed by atoms with Crippen molar-refractivity contribution < 1.29 is 9.47 Å². The monoisotopic (exact) mass is 252 g/mol. The molecular formula is C14H24N2O2. The van der Waals surface area contributed by atoms with Crippen molar-refractivity contribution in [1.82, 2.24) is 9.80 Å². The fraction of sp³-hybridized carbons (Fsp3) is 1.00. The third-order valence-electron chi connectivity index (χ3n) is 5.35. The zero-order valence-electron chi connectivity index (χ0n) is 11.4. The molecule has 0 amide bonds. The van der Waals surface area contributed by atoms with Crippen molar-refractivity contribution in [2.45, 2.75) is 63.1 Å². The summed E-state index contributed by atoms with van der Waals surface area (Å²) < 4.78 is 10.9. The Morgan fingerprint density at radius 2 is 1.61 bits per heavy atom. The molecule has 0 aromatic rings. The van der Waals surface area contributed by atoms with Crippen LogP contribution < -0.4 is 0 Å². The predicted octanol–water partition coefficient (Wildman–Crippen LogP) is 0.710. The highest BCUT2D eigenvalue weighted by molar-refractivity contribution is 5.08. The summed E-state index contributed by atoms with van der Waals surface area (Å²) in [6.07, 6.45) is 3.79. The van der Waals surface area contributed by atoms with Crippen molar-refractivity contribution in [3.8, 4) is 0 Å².